The number of azo groups is 1. The highest BCUT2D eigenvalue weighted by Gasteiger charge is 2.10. The lowest BCUT2D eigenvalue weighted by atomic mass is 10.1. The number of anilines is 1. The van der Waals surface area contributed by atoms with Crippen molar-refractivity contribution in [2.75, 3.05) is 24.6 Å². The molecule has 0 aliphatic carbocycles. The average Bonchev–Trinajstić information content (AvgIpc) is 2.77. The van der Waals surface area contributed by atoms with Crippen molar-refractivity contribution >= 4 is 34.4 Å². The van der Waals surface area contributed by atoms with Crippen LogP contribution in [0.3, 0.4) is 0 Å². The van der Waals surface area contributed by atoms with Crippen LogP contribution in [0.1, 0.15) is 12.5 Å². The standard InChI is InChI=1S/C23H23ClN4O3/c1-3-27(13-14-31-20-7-5-4-6-8-20)18-9-11-22(17(2)15-18)25-26-23-12-10-19(28(29)30)16-21(23)24/h4-12,15-16H,3,13-14H2,1-2H3. The summed E-state index contributed by atoms with van der Waals surface area (Å²) in [6.45, 7) is 6.24. The number of benzene rings is 3. The zero-order chi connectivity index (χ0) is 22.2. The molecular formula is C23H23ClN4O3. The van der Waals surface area contributed by atoms with Crippen LogP contribution in [0.2, 0.25) is 5.02 Å². The number of aryl methyl sites for hydroxylation is 1. The van der Waals surface area contributed by atoms with Crippen molar-refractivity contribution in [3.63, 3.8) is 0 Å². The van der Waals surface area contributed by atoms with Crippen LogP contribution >= 0.6 is 11.6 Å². The molecule has 160 valence electrons. The summed E-state index contributed by atoms with van der Waals surface area (Å²) < 4.78 is 5.81. The molecule has 0 spiro atoms. The Morgan fingerprint density at radius 1 is 1.03 bits per heavy atom. The predicted octanol–water partition coefficient (Wildman–Crippen LogP) is 6.88. The summed E-state index contributed by atoms with van der Waals surface area (Å²) in [6, 6.07) is 19.8. The van der Waals surface area contributed by atoms with E-state index >= 15 is 0 Å². The number of ether oxygens (including phenoxy) is 1. The number of hydrogen-bond donors (Lipinski definition) is 0. The lowest BCUT2D eigenvalue weighted by Crippen LogP contribution is -2.28. The maximum Gasteiger partial charge on any atom is 0.271 e. The maximum atomic E-state index is 10.8. The Morgan fingerprint density at radius 2 is 1.74 bits per heavy atom. The molecule has 8 heteroatoms. The normalized spacial score (nSPS) is 10.9. The van der Waals surface area contributed by atoms with Gasteiger partial charge in [0.2, 0.25) is 0 Å². The minimum absolute atomic E-state index is 0.0830. The number of nitrogens with zero attached hydrogens (tertiary/aromatic N) is 4. The highest BCUT2D eigenvalue weighted by molar-refractivity contribution is 6.33. The van der Waals surface area contributed by atoms with Crippen molar-refractivity contribution in [3.8, 4) is 5.75 Å². The first kappa shape index (κ1) is 22.2. The molecule has 0 bridgehead atoms. The van der Waals surface area contributed by atoms with Crippen molar-refractivity contribution in [2.24, 2.45) is 10.2 Å². The molecule has 0 aliphatic heterocycles. The van der Waals surface area contributed by atoms with Gasteiger partial charge in [0.15, 0.2) is 0 Å². The second-order valence-electron chi connectivity index (χ2n) is 6.80. The Labute approximate surface area is 186 Å². The highest BCUT2D eigenvalue weighted by Crippen LogP contribution is 2.32. The maximum absolute atomic E-state index is 10.8. The molecule has 0 fully saturated rings. The number of hydrogen-bond acceptors (Lipinski definition) is 6. The smallest absolute Gasteiger partial charge is 0.271 e. The lowest BCUT2D eigenvalue weighted by Gasteiger charge is -2.23. The second kappa shape index (κ2) is 10.5. The number of nitro groups is 1. The SMILES string of the molecule is CCN(CCOc1ccccc1)c1ccc(N=Nc2ccc([N+](=O)[O-])cc2Cl)c(C)c1. The molecule has 0 saturated heterocycles. The van der Waals surface area contributed by atoms with E-state index in [1.165, 1.54) is 18.2 Å². The van der Waals surface area contributed by atoms with Gasteiger partial charge in [-0.25, -0.2) is 0 Å². The Kier molecular flexibility index (Phi) is 7.56. The fourth-order valence-electron chi connectivity index (χ4n) is 3.01. The van der Waals surface area contributed by atoms with E-state index in [-0.39, 0.29) is 10.7 Å². The molecule has 0 saturated carbocycles. The molecule has 0 heterocycles. The molecule has 0 amide bonds. The van der Waals surface area contributed by atoms with Gasteiger partial charge in [0.25, 0.3) is 5.69 Å². The topological polar surface area (TPSA) is 80.3 Å². The summed E-state index contributed by atoms with van der Waals surface area (Å²) in [6.07, 6.45) is 0. The van der Waals surface area contributed by atoms with Gasteiger partial charge in [0, 0.05) is 24.4 Å². The van der Waals surface area contributed by atoms with Crippen LogP contribution in [0.5, 0.6) is 5.75 Å². The van der Waals surface area contributed by atoms with E-state index in [2.05, 4.69) is 28.1 Å². The Bertz CT molecular complexity index is 1070. The van der Waals surface area contributed by atoms with Crippen LogP contribution in [0.15, 0.2) is 77.0 Å². The highest BCUT2D eigenvalue weighted by atomic mass is 35.5. The number of rotatable bonds is 9. The first-order chi connectivity index (χ1) is 15.0. The fraction of sp³-hybridized carbons (Fsp3) is 0.217. The van der Waals surface area contributed by atoms with Crippen molar-refractivity contribution in [1.29, 1.82) is 0 Å². The minimum atomic E-state index is -0.500. The van der Waals surface area contributed by atoms with Gasteiger partial charge in [0.1, 0.15) is 18.0 Å². The molecule has 3 rings (SSSR count). The van der Waals surface area contributed by atoms with Gasteiger partial charge in [-0.3, -0.25) is 10.1 Å². The quantitative estimate of drug-likeness (QED) is 0.207. The molecular weight excluding hydrogens is 416 g/mol. The molecule has 0 atom stereocenters. The molecule has 0 aliphatic rings. The van der Waals surface area contributed by atoms with Crippen molar-refractivity contribution in [2.45, 2.75) is 13.8 Å². The molecule has 3 aromatic carbocycles. The second-order valence-corrected chi connectivity index (χ2v) is 7.21. The van der Waals surface area contributed by atoms with Crippen LogP contribution in [0.4, 0.5) is 22.7 Å². The van der Waals surface area contributed by atoms with E-state index in [0.29, 0.717) is 18.0 Å². The van der Waals surface area contributed by atoms with Crippen LogP contribution in [0.25, 0.3) is 0 Å². The van der Waals surface area contributed by atoms with Gasteiger partial charge in [-0.1, -0.05) is 29.8 Å². The monoisotopic (exact) mass is 438 g/mol. The van der Waals surface area contributed by atoms with E-state index in [1.54, 1.807) is 0 Å². The van der Waals surface area contributed by atoms with Gasteiger partial charge in [-0.05, 0) is 55.8 Å². The van der Waals surface area contributed by atoms with Crippen molar-refractivity contribution in [3.05, 3.63) is 87.4 Å². The molecule has 31 heavy (non-hydrogen) atoms. The predicted molar refractivity (Wildman–Crippen MR) is 123 cm³/mol. The van der Waals surface area contributed by atoms with Gasteiger partial charge < -0.3 is 9.64 Å². The molecule has 7 nitrogen and oxygen atoms in total. The van der Waals surface area contributed by atoms with Gasteiger partial charge in [0.05, 0.1) is 22.2 Å². The number of para-hydroxylation sites is 1. The zero-order valence-electron chi connectivity index (χ0n) is 17.4. The third kappa shape index (κ3) is 6.02. The molecule has 0 N–H and O–H groups in total. The third-order valence-corrected chi connectivity index (χ3v) is 5.01. The van der Waals surface area contributed by atoms with Crippen molar-refractivity contribution in [1.82, 2.24) is 0 Å². The fourth-order valence-corrected chi connectivity index (χ4v) is 3.22. The molecule has 0 aromatic heterocycles. The van der Waals surface area contributed by atoms with E-state index < -0.39 is 4.92 Å². The molecule has 0 radical (unpaired) electrons. The zero-order valence-corrected chi connectivity index (χ0v) is 18.1. The number of halogens is 1. The van der Waals surface area contributed by atoms with E-state index in [4.69, 9.17) is 16.3 Å². The summed E-state index contributed by atoms with van der Waals surface area (Å²) in [5.41, 5.74) is 3.03. The summed E-state index contributed by atoms with van der Waals surface area (Å²) in [5.74, 6) is 0.857. The van der Waals surface area contributed by atoms with E-state index in [9.17, 15) is 10.1 Å². The van der Waals surface area contributed by atoms with Crippen molar-refractivity contribution < 1.29 is 9.66 Å². The number of nitro benzene ring substituents is 1. The van der Waals surface area contributed by atoms with E-state index in [0.717, 1.165) is 30.1 Å². The number of non-ortho nitro benzene ring substituents is 1. The van der Waals surface area contributed by atoms with Gasteiger partial charge in [-0.2, -0.15) is 5.11 Å². The molecule has 3 aromatic rings. The third-order valence-electron chi connectivity index (χ3n) is 4.71. The lowest BCUT2D eigenvalue weighted by molar-refractivity contribution is -0.384. The average molecular weight is 439 g/mol. The largest absolute Gasteiger partial charge is 0.492 e. The van der Waals surface area contributed by atoms with Crippen LogP contribution in [-0.4, -0.2) is 24.6 Å². The summed E-state index contributed by atoms with van der Waals surface area (Å²) in [7, 11) is 0. The van der Waals surface area contributed by atoms with Crippen LogP contribution in [0, 0.1) is 17.0 Å². The Morgan fingerprint density at radius 3 is 2.39 bits per heavy atom. The first-order valence-corrected chi connectivity index (χ1v) is 10.2. The van der Waals surface area contributed by atoms with Gasteiger partial charge in [-0.15, -0.1) is 5.11 Å². The summed E-state index contributed by atoms with van der Waals surface area (Å²) in [5, 5.41) is 19.4. The Balaban J connectivity index is 1.67. The number of likely N-dealkylation sites (N-methyl/N-ethyl adjacent to an activating group) is 1. The van der Waals surface area contributed by atoms with E-state index in [1.807, 2.05) is 49.4 Å². The first-order valence-electron chi connectivity index (χ1n) is 9.87. The van der Waals surface area contributed by atoms with Gasteiger partial charge >= 0.3 is 0 Å². The van der Waals surface area contributed by atoms with Crippen LogP contribution < -0.4 is 9.64 Å². The Hall–Kier alpha value is -3.45. The van der Waals surface area contributed by atoms with Crippen LogP contribution in [-0.2, 0) is 0 Å². The molecule has 0 unspecified atom stereocenters. The summed E-state index contributed by atoms with van der Waals surface area (Å²) in [4.78, 5) is 12.5. The minimum Gasteiger partial charge on any atom is -0.492 e. The summed E-state index contributed by atoms with van der Waals surface area (Å²) >= 11 is 6.08.